The van der Waals surface area contributed by atoms with Gasteiger partial charge in [-0.3, -0.25) is 4.90 Å². The van der Waals surface area contributed by atoms with Crippen molar-refractivity contribution in [3.05, 3.63) is 11.8 Å². The lowest BCUT2D eigenvalue weighted by Gasteiger charge is -2.21. The van der Waals surface area contributed by atoms with Crippen LogP contribution in [0.15, 0.2) is 4.42 Å². The molecule has 1 fully saturated rings. The van der Waals surface area contributed by atoms with Crippen LogP contribution in [-0.4, -0.2) is 39.9 Å². The molecule has 0 saturated heterocycles. The molecule has 0 amide bonds. The highest BCUT2D eigenvalue weighted by Crippen LogP contribution is 2.26. The van der Waals surface area contributed by atoms with Crippen molar-refractivity contribution in [2.45, 2.75) is 45.3 Å². The third-order valence-corrected chi connectivity index (χ3v) is 3.38. The van der Waals surface area contributed by atoms with Gasteiger partial charge in [0.05, 0.1) is 12.6 Å². The Labute approximate surface area is 102 Å². The van der Waals surface area contributed by atoms with E-state index in [2.05, 4.69) is 15.1 Å². The second-order valence-corrected chi connectivity index (χ2v) is 4.90. The van der Waals surface area contributed by atoms with E-state index < -0.39 is 0 Å². The molecule has 1 heterocycles. The van der Waals surface area contributed by atoms with Crippen molar-refractivity contribution in [3.63, 3.8) is 0 Å². The molecule has 2 atom stereocenters. The summed E-state index contributed by atoms with van der Waals surface area (Å²) in [6, 6.07) is 0. The molecule has 5 heteroatoms. The minimum atomic E-state index is -0.133. The number of aliphatic hydroxyl groups excluding tert-OH is 1. The molecule has 96 valence electrons. The monoisotopic (exact) mass is 239 g/mol. The van der Waals surface area contributed by atoms with Crippen LogP contribution >= 0.6 is 0 Å². The Hall–Kier alpha value is -0.940. The van der Waals surface area contributed by atoms with Gasteiger partial charge < -0.3 is 9.52 Å². The van der Waals surface area contributed by atoms with E-state index in [0.717, 1.165) is 32.2 Å². The highest BCUT2D eigenvalue weighted by molar-refractivity contribution is 4.83. The van der Waals surface area contributed by atoms with E-state index in [-0.39, 0.29) is 6.10 Å². The van der Waals surface area contributed by atoms with Crippen molar-refractivity contribution in [1.29, 1.82) is 0 Å². The maximum atomic E-state index is 9.77. The van der Waals surface area contributed by atoms with E-state index in [9.17, 15) is 5.11 Å². The van der Waals surface area contributed by atoms with Crippen molar-refractivity contribution in [2.24, 2.45) is 5.92 Å². The van der Waals surface area contributed by atoms with Crippen LogP contribution in [0.4, 0.5) is 0 Å². The topological polar surface area (TPSA) is 62.4 Å². The molecular weight excluding hydrogens is 218 g/mol. The SMILES string of the molecule is CCc1nnc(CN(C)CC2CCCC2O)o1. The van der Waals surface area contributed by atoms with Crippen molar-refractivity contribution in [1.82, 2.24) is 15.1 Å². The van der Waals surface area contributed by atoms with Gasteiger partial charge in [-0.2, -0.15) is 0 Å². The fourth-order valence-corrected chi connectivity index (χ4v) is 2.42. The van der Waals surface area contributed by atoms with Gasteiger partial charge in [0.25, 0.3) is 0 Å². The van der Waals surface area contributed by atoms with Gasteiger partial charge in [0.2, 0.25) is 11.8 Å². The molecule has 1 aliphatic carbocycles. The first-order valence-electron chi connectivity index (χ1n) is 6.37. The lowest BCUT2D eigenvalue weighted by molar-refractivity contribution is 0.105. The largest absolute Gasteiger partial charge is 0.424 e. The molecule has 2 unspecified atom stereocenters. The Morgan fingerprint density at radius 2 is 2.12 bits per heavy atom. The number of hydrogen-bond donors (Lipinski definition) is 1. The predicted molar refractivity (Wildman–Crippen MR) is 63.4 cm³/mol. The van der Waals surface area contributed by atoms with Crippen LogP contribution in [0.5, 0.6) is 0 Å². The summed E-state index contributed by atoms with van der Waals surface area (Å²) >= 11 is 0. The summed E-state index contributed by atoms with van der Waals surface area (Å²) in [5.41, 5.74) is 0. The van der Waals surface area contributed by atoms with E-state index >= 15 is 0 Å². The van der Waals surface area contributed by atoms with Gasteiger partial charge in [-0.25, -0.2) is 0 Å². The first kappa shape index (κ1) is 12.5. The molecule has 17 heavy (non-hydrogen) atoms. The van der Waals surface area contributed by atoms with Crippen LogP contribution in [0.25, 0.3) is 0 Å². The van der Waals surface area contributed by atoms with E-state index in [1.807, 2.05) is 14.0 Å². The highest BCUT2D eigenvalue weighted by Gasteiger charge is 2.26. The van der Waals surface area contributed by atoms with Crippen molar-refractivity contribution in [3.8, 4) is 0 Å². The second-order valence-electron chi connectivity index (χ2n) is 4.90. The third kappa shape index (κ3) is 3.26. The lowest BCUT2D eigenvalue weighted by atomic mass is 10.1. The smallest absolute Gasteiger partial charge is 0.230 e. The molecule has 0 spiro atoms. The van der Waals surface area contributed by atoms with Crippen molar-refractivity contribution in [2.75, 3.05) is 13.6 Å². The number of aryl methyl sites for hydroxylation is 1. The van der Waals surface area contributed by atoms with Crippen molar-refractivity contribution < 1.29 is 9.52 Å². The van der Waals surface area contributed by atoms with Crippen LogP contribution in [-0.2, 0) is 13.0 Å². The molecule has 0 aromatic carbocycles. The molecule has 1 aromatic heterocycles. The molecule has 5 nitrogen and oxygen atoms in total. The average Bonchev–Trinajstić information content (AvgIpc) is 2.89. The number of aromatic nitrogens is 2. The molecule has 2 rings (SSSR count). The normalized spacial score (nSPS) is 24.7. The fraction of sp³-hybridized carbons (Fsp3) is 0.833. The van der Waals surface area contributed by atoms with Gasteiger partial charge in [0.1, 0.15) is 0 Å². The minimum absolute atomic E-state index is 0.133. The van der Waals surface area contributed by atoms with Gasteiger partial charge in [-0.15, -0.1) is 10.2 Å². The Morgan fingerprint density at radius 3 is 2.71 bits per heavy atom. The maximum Gasteiger partial charge on any atom is 0.230 e. The molecule has 0 aliphatic heterocycles. The van der Waals surface area contributed by atoms with E-state index in [1.165, 1.54) is 0 Å². The number of aliphatic hydroxyl groups is 1. The third-order valence-electron chi connectivity index (χ3n) is 3.38. The fourth-order valence-electron chi connectivity index (χ4n) is 2.42. The Kier molecular flexibility index (Phi) is 4.12. The van der Waals surface area contributed by atoms with E-state index in [1.54, 1.807) is 0 Å². The summed E-state index contributed by atoms with van der Waals surface area (Å²) in [5, 5.41) is 17.7. The minimum Gasteiger partial charge on any atom is -0.424 e. The van der Waals surface area contributed by atoms with Crippen LogP contribution < -0.4 is 0 Å². The first-order chi connectivity index (χ1) is 8.19. The molecule has 1 N–H and O–H groups in total. The first-order valence-corrected chi connectivity index (χ1v) is 6.37. The van der Waals surface area contributed by atoms with Gasteiger partial charge in [-0.05, 0) is 25.8 Å². The molecular formula is C12H21N3O2. The van der Waals surface area contributed by atoms with E-state index in [0.29, 0.717) is 24.2 Å². The van der Waals surface area contributed by atoms with Gasteiger partial charge in [0, 0.05) is 13.0 Å². The number of nitrogens with zero attached hydrogens (tertiary/aromatic N) is 3. The molecule has 0 bridgehead atoms. The van der Waals surface area contributed by atoms with Gasteiger partial charge in [-0.1, -0.05) is 13.3 Å². The van der Waals surface area contributed by atoms with Crippen LogP contribution in [0.2, 0.25) is 0 Å². The van der Waals surface area contributed by atoms with Crippen molar-refractivity contribution >= 4 is 0 Å². The number of hydrogen-bond acceptors (Lipinski definition) is 5. The Bertz CT molecular complexity index is 353. The predicted octanol–water partition coefficient (Wildman–Crippen LogP) is 1.22. The van der Waals surface area contributed by atoms with Crippen LogP contribution in [0.3, 0.4) is 0 Å². The summed E-state index contributed by atoms with van der Waals surface area (Å²) in [6.07, 6.45) is 3.85. The molecule has 1 saturated carbocycles. The summed E-state index contributed by atoms with van der Waals surface area (Å²) < 4.78 is 5.47. The van der Waals surface area contributed by atoms with Gasteiger partial charge in [0.15, 0.2) is 0 Å². The summed E-state index contributed by atoms with van der Waals surface area (Å²) in [5.74, 6) is 1.75. The average molecular weight is 239 g/mol. The Balaban J connectivity index is 1.82. The van der Waals surface area contributed by atoms with Gasteiger partial charge >= 0.3 is 0 Å². The summed E-state index contributed by atoms with van der Waals surface area (Å²) in [4.78, 5) is 2.14. The van der Waals surface area contributed by atoms with Crippen LogP contribution in [0, 0.1) is 5.92 Å². The molecule has 1 aromatic rings. The quantitative estimate of drug-likeness (QED) is 0.837. The summed E-state index contributed by atoms with van der Waals surface area (Å²) in [6.45, 7) is 3.55. The number of rotatable bonds is 5. The zero-order valence-corrected chi connectivity index (χ0v) is 10.6. The molecule has 1 aliphatic rings. The lowest BCUT2D eigenvalue weighted by Crippen LogP contribution is -2.29. The maximum absolute atomic E-state index is 9.77. The summed E-state index contributed by atoms with van der Waals surface area (Å²) in [7, 11) is 2.03. The molecule has 0 radical (unpaired) electrons. The zero-order chi connectivity index (χ0) is 12.3. The van der Waals surface area contributed by atoms with E-state index in [4.69, 9.17) is 4.42 Å². The Morgan fingerprint density at radius 1 is 1.35 bits per heavy atom. The highest BCUT2D eigenvalue weighted by atomic mass is 16.4. The second kappa shape index (κ2) is 5.60. The standard InChI is InChI=1S/C12H21N3O2/c1-3-11-13-14-12(17-11)8-15(2)7-9-5-4-6-10(9)16/h9-10,16H,3-8H2,1-2H3. The zero-order valence-electron chi connectivity index (χ0n) is 10.6. The van der Waals surface area contributed by atoms with Crippen LogP contribution in [0.1, 0.15) is 38.0 Å².